The molecule has 5 heteroatoms. The second kappa shape index (κ2) is 6.63. The molecule has 0 saturated carbocycles. The number of benzene rings is 2. The zero-order valence-electron chi connectivity index (χ0n) is 11.9. The first-order valence-electron chi connectivity index (χ1n) is 6.50. The molecule has 0 spiro atoms. The minimum atomic E-state index is -0.293. The quantitative estimate of drug-likeness (QED) is 0.826. The fourth-order valence-electron chi connectivity index (χ4n) is 1.98. The molecule has 0 radical (unpaired) electrons. The van der Waals surface area contributed by atoms with E-state index in [4.69, 9.17) is 10.5 Å². The number of hydrogen-bond acceptors (Lipinski definition) is 3. The minimum Gasteiger partial charge on any atom is -0.497 e. The van der Waals surface area contributed by atoms with Crippen LogP contribution in [0.4, 0.5) is 11.4 Å². The fourth-order valence-corrected chi connectivity index (χ4v) is 2.46. The van der Waals surface area contributed by atoms with Crippen LogP contribution in [0.25, 0.3) is 0 Å². The number of carbonyl (C=O) groups excluding carboxylic acids is 1. The van der Waals surface area contributed by atoms with Crippen LogP contribution >= 0.6 is 15.9 Å². The number of methoxy groups -OCH3 is 1. The third kappa shape index (κ3) is 3.98. The van der Waals surface area contributed by atoms with E-state index in [2.05, 4.69) is 21.2 Å². The molecule has 1 atom stereocenters. The summed E-state index contributed by atoms with van der Waals surface area (Å²) in [5.74, 6) is 0.288. The van der Waals surface area contributed by atoms with Crippen molar-refractivity contribution in [2.75, 3.05) is 18.2 Å². The number of nitrogens with two attached hydrogens (primary N) is 1. The van der Waals surface area contributed by atoms with E-state index in [-0.39, 0.29) is 11.8 Å². The van der Waals surface area contributed by atoms with Crippen LogP contribution < -0.4 is 15.8 Å². The van der Waals surface area contributed by atoms with Gasteiger partial charge in [0.25, 0.3) is 0 Å². The number of anilines is 2. The molecule has 21 heavy (non-hydrogen) atoms. The van der Waals surface area contributed by atoms with E-state index in [1.807, 2.05) is 37.3 Å². The van der Waals surface area contributed by atoms with Crippen molar-refractivity contribution in [3.05, 3.63) is 52.5 Å². The molecule has 0 saturated heterocycles. The predicted molar refractivity (Wildman–Crippen MR) is 88.6 cm³/mol. The van der Waals surface area contributed by atoms with Gasteiger partial charge in [-0.2, -0.15) is 0 Å². The van der Waals surface area contributed by atoms with Crippen LogP contribution in [0.1, 0.15) is 18.4 Å². The summed E-state index contributed by atoms with van der Waals surface area (Å²) in [5, 5.41) is 2.89. The SMILES string of the molecule is COc1cc(Br)cc(NC(=O)C(C)c2cccc(N)c2)c1. The van der Waals surface area contributed by atoms with E-state index in [9.17, 15) is 4.79 Å². The van der Waals surface area contributed by atoms with Crippen molar-refractivity contribution in [1.82, 2.24) is 0 Å². The van der Waals surface area contributed by atoms with Crippen LogP contribution in [-0.2, 0) is 4.79 Å². The molecule has 2 aromatic carbocycles. The first kappa shape index (κ1) is 15.4. The molecule has 0 aliphatic heterocycles. The maximum absolute atomic E-state index is 12.3. The van der Waals surface area contributed by atoms with Crippen molar-refractivity contribution in [3.8, 4) is 5.75 Å². The number of carbonyl (C=O) groups is 1. The Morgan fingerprint density at radius 3 is 2.71 bits per heavy atom. The summed E-state index contributed by atoms with van der Waals surface area (Å²) >= 11 is 3.39. The standard InChI is InChI=1S/C16H17BrN2O2/c1-10(11-4-3-5-13(18)6-11)16(20)19-14-7-12(17)8-15(9-14)21-2/h3-10H,18H2,1-2H3,(H,19,20). The molecule has 110 valence electrons. The van der Waals surface area contributed by atoms with Gasteiger partial charge in [-0.25, -0.2) is 0 Å². The van der Waals surface area contributed by atoms with E-state index >= 15 is 0 Å². The molecule has 0 fully saturated rings. The molecule has 0 aromatic heterocycles. The predicted octanol–water partition coefficient (Wildman–Crippen LogP) is 3.78. The van der Waals surface area contributed by atoms with Gasteiger partial charge in [-0.1, -0.05) is 28.1 Å². The van der Waals surface area contributed by atoms with Gasteiger partial charge >= 0.3 is 0 Å². The molecule has 2 rings (SSSR count). The van der Waals surface area contributed by atoms with E-state index in [1.54, 1.807) is 19.2 Å². The van der Waals surface area contributed by atoms with E-state index in [0.717, 1.165) is 10.0 Å². The number of halogens is 1. The van der Waals surface area contributed by atoms with Crippen LogP contribution in [0.3, 0.4) is 0 Å². The van der Waals surface area contributed by atoms with Crippen LogP contribution in [0.15, 0.2) is 46.9 Å². The highest BCUT2D eigenvalue weighted by molar-refractivity contribution is 9.10. The van der Waals surface area contributed by atoms with Crippen molar-refractivity contribution >= 4 is 33.2 Å². The van der Waals surface area contributed by atoms with Crippen molar-refractivity contribution in [3.63, 3.8) is 0 Å². The van der Waals surface area contributed by atoms with Gasteiger partial charge in [-0.15, -0.1) is 0 Å². The van der Waals surface area contributed by atoms with Gasteiger partial charge in [0.05, 0.1) is 13.0 Å². The number of amides is 1. The summed E-state index contributed by atoms with van der Waals surface area (Å²) in [5.41, 5.74) is 7.97. The lowest BCUT2D eigenvalue weighted by Gasteiger charge is -2.14. The highest BCUT2D eigenvalue weighted by Gasteiger charge is 2.16. The molecule has 0 aliphatic rings. The summed E-state index contributed by atoms with van der Waals surface area (Å²) < 4.78 is 6.02. The van der Waals surface area contributed by atoms with Crippen LogP contribution in [-0.4, -0.2) is 13.0 Å². The molecule has 0 bridgehead atoms. The smallest absolute Gasteiger partial charge is 0.231 e. The zero-order chi connectivity index (χ0) is 15.4. The number of ether oxygens (including phenoxy) is 1. The Morgan fingerprint density at radius 2 is 2.05 bits per heavy atom. The third-order valence-electron chi connectivity index (χ3n) is 3.18. The molecule has 0 aliphatic carbocycles. The maximum Gasteiger partial charge on any atom is 0.231 e. The first-order valence-corrected chi connectivity index (χ1v) is 7.30. The van der Waals surface area contributed by atoms with Gasteiger partial charge in [-0.3, -0.25) is 4.79 Å². The number of hydrogen-bond donors (Lipinski definition) is 2. The molecule has 1 unspecified atom stereocenters. The summed E-state index contributed by atoms with van der Waals surface area (Å²) in [6.45, 7) is 1.85. The van der Waals surface area contributed by atoms with Gasteiger partial charge in [0.2, 0.25) is 5.91 Å². The topological polar surface area (TPSA) is 64.3 Å². The van der Waals surface area contributed by atoms with Gasteiger partial charge in [-0.05, 0) is 36.8 Å². The average molecular weight is 349 g/mol. The van der Waals surface area contributed by atoms with Crippen LogP contribution in [0.2, 0.25) is 0 Å². The van der Waals surface area contributed by atoms with Crippen molar-refractivity contribution in [1.29, 1.82) is 0 Å². The van der Waals surface area contributed by atoms with Gasteiger partial charge in [0.1, 0.15) is 5.75 Å². The normalized spacial score (nSPS) is 11.8. The highest BCUT2D eigenvalue weighted by Crippen LogP contribution is 2.26. The lowest BCUT2D eigenvalue weighted by molar-refractivity contribution is -0.117. The Labute approximate surface area is 132 Å². The third-order valence-corrected chi connectivity index (χ3v) is 3.64. The zero-order valence-corrected chi connectivity index (χ0v) is 13.5. The average Bonchev–Trinajstić information content (AvgIpc) is 2.45. The lowest BCUT2D eigenvalue weighted by Crippen LogP contribution is -2.19. The first-order chi connectivity index (χ1) is 9.99. The molecular weight excluding hydrogens is 332 g/mol. The largest absolute Gasteiger partial charge is 0.497 e. The monoisotopic (exact) mass is 348 g/mol. The van der Waals surface area contributed by atoms with Gasteiger partial charge in [0.15, 0.2) is 0 Å². The lowest BCUT2D eigenvalue weighted by atomic mass is 10.00. The van der Waals surface area contributed by atoms with Crippen LogP contribution in [0.5, 0.6) is 5.75 Å². The van der Waals surface area contributed by atoms with E-state index in [0.29, 0.717) is 17.1 Å². The second-order valence-corrected chi connectivity index (χ2v) is 5.68. The number of rotatable bonds is 4. The summed E-state index contributed by atoms with van der Waals surface area (Å²) in [6, 6.07) is 12.8. The Kier molecular flexibility index (Phi) is 4.85. The molecule has 3 N–H and O–H groups in total. The Bertz CT molecular complexity index is 658. The Hall–Kier alpha value is -2.01. The molecular formula is C16H17BrN2O2. The summed E-state index contributed by atoms with van der Waals surface area (Å²) in [7, 11) is 1.59. The molecule has 1 amide bonds. The second-order valence-electron chi connectivity index (χ2n) is 4.76. The van der Waals surface area contributed by atoms with E-state index < -0.39 is 0 Å². The van der Waals surface area contributed by atoms with Crippen molar-refractivity contribution < 1.29 is 9.53 Å². The molecule has 4 nitrogen and oxygen atoms in total. The van der Waals surface area contributed by atoms with Crippen LogP contribution in [0, 0.1) is 0 Å². The number of nitrogens with one attached hydrogen (secondary N) is 1. The highest BCUT2D eigenvalue weighted by atomic mass is 79.9. The summed E-state index contributed by atoms with van der Waals surface area (Å²) in [6.07, 6.45) is 0. The maximum atomic E-state index is 12.3. The van der Waals surface area contributed by atoms with Crippen molar-refractivity contribution in [2.45, 2.75) is 12.8 Å². The molecule has 0 heterocycles. The van der Waals surface area contributed by atoms with Crippen molar-refractivity contribution in [2.24, 2.45) is 0 Å². The molecule has 2 aromatic rings. The summed E-state index contributed by atoms with van der Waals surface area (Å²) in [4.78, 5) is 12.3. The number of nitrogen functional groups attached to an aromatic ring is 1. The fraction of sp³-hybridized carbons (Fsp3) is 0.188. The Balaban J connectivity index is 2.16. The van der Waals surface area contributed by atoms with Gasteiger partial charge in [0, 0.05) is 21.9 Å². The van der Waals surface area contributed by atoms with Gasteiger partial charge < -0.3 is 15.8 Å². The minimum absolute atomic E-state index is 0.0965. The Morgan fingerprint density at radius 1 is 1.29 bits per heavy atom. The van der Waals surface area contributed by atoms with E-state index in [1.165, 1.54) is 0 Å².